The summed E-state index contributed by atoms with van der Waals surface area (Å²) in [5, 5.41) is 0. The van der Waals surface area contributed by atoms with E-state index in [9.17, 15) is 13.6 Å². The van der Waals surface area contributed by atoms with Crippen molar-refractivity contribution in [2.75, 3.05) is 19.7 Å². The average Bonchev–Trinajstić information content (AvgIpc) is 2.65. The van der Waals surface area contributed by atoms with E-state index in [1.807, 2.05) is 30.3 Å². The lowest BCUT2D eigenvalue weighted by molar-refractivity contribution is 0.0675. The quantitative estimate of drug-likeness (QED) is 0.809. The molecule has 1 amide bonds. The van der Waals surface area contributed by atoms with Gasteiger partial charge in [-0.1, -0.05) is 18.2 Å². The fraction of sp³-hybridized carbons (Fsp3) is 0.350. The van der Waals surface area contributed by atoms with Crippen LogP contribution in [0, 0.1) is 17.6 Å². The summed E-state index contributed by atoms with van der Waals surface area (Å²) in [6.45, 7) is 1.76. The van der Waals surface area contributed by atoms with Gasteiger partial charge in [0.25, 0.3) is 5.91 Å². The van der Waals surface area contributed by atoms with Crippen LogP contribution in [0.25, 0.3) is 0 Å². The number of carbonyl (C=O) groups excluding carboxylic acids is 1. The molecule has 0 aliphatic carbocycles. The summed E-state index contributed by atoms with van der Waals surface area (Å²) in [6, 6.07) is 12.7. The lowest BCUT2D eigenvalue weighted by Crippen LogP contribution is -2.39. The maximum atomic E-state index is 13.7. The molecule has 3 rings (SSSR count). The van der Waals surface area contributed by atoms with E-state index < -0.39 is 17.5 Å². The van der Waals surface area contributed by atoms with Crippen molar-refractivity contribution < 1.29 is 18.3 Å². The van der Waals surface area contributed by atoms with Crippen molar-refractivity contribution in [2.45, 2.75) is 19.3 Å². The van der Waals surface area contributed by atoms with Crippen LogP contribution in [0.3, 0.4) is 0 Å². The molecule has 0 radical (unpaired) electrons. The Kier molecular flexibility index (Phi) is 5.64. The van der Waals surface area contributed by atoms with E-state index in [1.165, 1.54) is 0 Å². The minimum Gasteiger partial charge on any atom is -0.494 e. The molecule has 3 nitrogen and oxygen atoms in total. The highest BCUT2D eigenvalue weighted by molar-refractivity contribution is 5.94. The first-order chi connectivity index (χ1) is 12.1. The van der Waals surface area contributed by atoms with E-state index in [4.69, 9.17) is 4.74 Å². The summed E-state index contributed by atoms with van der Waals surface area (Å²) in [7, 11) is 0. The van der Waals surface area contributed by atoms with Crippen LogP contribution in [0.15, 0.2) is 48.5 Å². The van der Waals surface area contributed by atoms with E-state index in [0.29, 0.717) is 25.6 Å². The number of ether oxygens (including phenoxy) is 1. The number of piperidine rings is 1. The molecule has 1 saturated heterocycles. The molecule has 0 spiro atoms. The topological polar surface area (TPSA) is 29.5 Å². The van der Waals surface area contributed by atoms with Crippen LogP contribution in [-0.2, 0) is 0 Å². The Morgan fingerprint density at radius 3 is 2.52 bits per heavy atom. The molecule has 2 aromatic carbocycles. The van der Waals surface area contributed by atoms with Crippen molar-refractivity contribution in [2.24, 2.45) is 5.92 Å². The summed E-state index contributed by atoms with van der Waals surface area (Å²) in [5.41, 5.74) is -0.189. The van der Waals surface area contributed by atoms with Crippen LogP contribution in [0.4, 0.5) is 8.78 Å². The Hall–Kier alpha value is -2.43. The van der Waals surface area contributed by atoms with E-state index in [-0.39, 0.29) is 5.56 Å². The van der Waals surface area contributed by atoms with Gasteiger partial charge in [-0.15, -0.1) is 0 Å². The Bertz CT molecular complexity index is 713. The maximum Gasteiger partial charge on any atom is 0.256 e. The minimum atomic E-state index is -0.676. The number of rotatable bonds is 5. The summed E-state index contributed by atoms with van der Waals surface area (Å²) >= 11 is 0. The number of para-hydroxylation sites is 1. The molecule has 0 atom stereocenters. The molecule has 1 heterocycles. The van der Waals surface area contributed by atoms with Gasteiger partial charge in [-0.25, -0.2) is 8.78 Å². The van der Waals surface area contributed by atoms with E-state index in [1.54, 1.807) is 4.90 Å². The summed E-state index contributed by atoms with van der Waals surface area (Å²) in [5.74, 6) is -0.375. The first kappa shape index (κ1) is 17.4. The third-order valence-corrected chi connectivity index (χ3v) is 4.60. The lowest BCUT2D eigenvalue weighted by Gasteiger charge is -2.32. The molecular weight excluding hydrogens is 324 g/mol. The molecule has 0 aromatic heterocycles. The number of carbonyl (C=O) groups is 1. The van der Waals surface area contributed by atoms with Gasteiger partial charge in [-0.05, 0) is 55.5 Å². The number of benzene rings is 2. The summed E-state index contributed by atoms with van der Waals surface area (Å²) in [6.07, 6.45) is 2.62. The van der Waals surface area contributed by atoms with Gasteiger partial charge in [0.1, 0.15) is 17.4 Å². The van der Waals surface area contributed by atoms with Crippen LogP contribution in [0.1, 0.15) is 29.6 Å². The molecule has 132 valence electrons. The molecule has 25 heavy (non-hydrogen) atoms. The minimum absolute atomic E-state index is 0.189. The Labute approximate surface area is 146 Å². The van der Waals surface area contributed by atoms with Gasteiger partial charge >= 0.3 is 0 Å². The lowest BCUT2D eigenvalue weighted by atomic mass is 9.93. The second-order valence-electron chi connectivity index (χ2n) is 6.31. The number of hydrogen-bond donors (Lipinski definition) is 0. The van der Waals surface area contributed by atoms with Gasteiger partial charge in [0.05, 0.1) is 12.2 Å². The highest BCUT2D eigenvalue weighted by Gasteiger charge is 2.25. The van der Waals surface area contributed by atoms with Gasteiger partial charge in [0, 0.05) is 13.1 Å². The van der Waals surface area contributed by atoms with Gasteiger partial charge in [-0.2, -0.15) is 0 Å². The van der Waals surface area contributed by atoms with Crippen LogP contribution in [0.2, 0.25) is 0 Å². The Morgan fingerprint density at radius 1 is 1.08 bits per heavy atom. The molecule has 2 aromatic rings. The van der Waals surface area contributed by atoms with Gasteiger partial charge < -0.3 is 9.64 Å². The van der Waals surface area contributed by atoms with Crippen molar-refractivity contribution in [1.82, 2.24) is 4.90 Å². The normalized spacial score (nSPS) is 15.2. The zero-order chi connectivity index (χ0) is 17.6. The van der Waals surface area contributed by atoms with Gasteiger partial charge in [0.2, 0.25) is 0 Å². The van der Waals surface area contributed by atoms with Crippen LogP contribution >= 0.6 is 0 Å². The van der Waals surface area contributed by atoms with E-state index in [0.717, 1.165) is 43.2 Å². The number of likely N-dealkylation sites (tertiary alicyclic amines) is 1. The third-order valence-electron chi connectivity index (χ3n) is 4.60. The standard InChI is InChI=1S/C20H21F2NO2/c21-16-6-7-19(22)18(14-16)20(24)23-11-8-15(9-12-23)10-13-25-17-4-2-1-3-5-17/h1-7,14-15H,8-13H2. The maximum absolute atomic E-state index is 13.7. The second kappa shape index (κ2) is 8.10. The largest absolute Gasteiger partial charge is 0.494 e. The Balaban J connectivity index is 1.47. The number of amides is 1. The third kappa shape index (κ3) is 4.56. The van der Waals surface area contributed by atoms with E-state index >= 15 is 0 Å². The summed E-state index contributed by atoms with van der Waals surface area (Å²) < 4.78 is 32.7. The van der Waals surface area contributed by atoms with Gasteiger partial charge in [0.15, 0.2) is 0 Å². The molecule has 1 aliphatic rings. The fourth-order valence-electron chi connectivity index (χ4n) is 3.12. The van der Waals surface area contributed by atoms with Crippen LogP contribution < -0.4 is 4.74 Å². The molecule has 0 bridgehead atoms. The highest BCUT2D eigenvalue weighted by atomic mass is 19.1. The first-order valence-corrected chi connectivity index (χ1v) is 8.55. The Morgan fingerprint density at radius 2 is 1.80 bits per heavy atom. The van der Waals surface area contributed by atoms with Gasteiger partial charge in [-0.3, -0.25) is 4.79 Å². The SMILES string of the molecule is O=C(c1cc(F)ccc1F)N1CCC(CCOc2ccccc2)CC1. The molecule has 0 unspecified atom stereocenters. The van der Waals surface area contributed by atoms with Crippen molar-refractivity contribution in [3.05, 3.63) is 65.7 Å². The first-order valence-electron chi connectivity index (χ1n) is 8.55. The molecule has 0 saturated carbocycles. The second-order valence-corrected chi connectivity index (χ2v) is 6.31. The van der Waals surface area contributed by atoms with Crippen LogP contribution in [0.5, 0.6) is 5.75 Å². The summed E-state index contributed by atoms with van der Waals surface area (Å²) in [4.78, 5) is 14.0. The predicted octanol–water partition coefficient (Wildman–Crippen LogP) is 4.29. The van der Waals surface area contributed by atoms with Crippen molar-refractivity contribution in [3.63, 3.8) is 0 Å². The smallest absolute Gasteiger partial charge is 0.256 e. The molecule has 5 heteroatoms. The number of nitrogens with zero attached hydrogens (tertiary/aromatic N) is 1. The molecule has 1 fully saturated rings. The van der Waals surface area contributed by atoms with E-state index in [2.05, 4.69) is 0 Å². The van der Waals surface area contributed by atoms with Crippen molar-refractivity contribution in [1.29, 1.82) is 0 Å². The molecular formula is C20H21F2NO2. The highest BCUT2D eigenvalue weighted by Crippen LogP contribution is 2.23. The number of hydrogen-bond acceptors (Lipinski definition) is 2. The zero-order valence-electron chi connectivity index (χ0n) is 14.0. The monoisotopic (exact) mass is 345 g/mol. The van der Waals surface area contributed by atoms with Crippen molar-refractivity contribution >= 4 is 5.91 Å². The van der Waals surface area contributed by atoms with Crippen LogP contribution in [-0.4, -0.2) is 30.5 Å². The fourth-order valence-corrected chi connectivity index (χ4v) is 3.12. The predicted molar refractivity (Wildman–Crippen MR) is 91.5 cm³/mol. The average molecular weight is 345 g/mol. The molecule has 0 N–H and O–H groups in total. The number of halogens is 2. The zero-order valence-corrected chi connectivity index (χ0v) is 14.0. The molecule has 1 aliphatic heterocycles. The van der Waals surface area contributed by atoms with Crippen molar-refractivity contribution in [3.8, 4) is 5.75 Å².